The topological polar surface area (TPSA) is 35.8 Å². The second kappa shape index (κ2) is 6.17. The lowest BCUT2D eigenvalue weighted by molar-refractivity contribution is 0.253. The summed E-state index contributed by atoms with van der Waals surface area (Å²) in [5, 5.41) is 13.7. The number of hydrogen-bond acceptors (Lipinski definition) is 2. The van der Waals surface area contributed by atoms with Crippen LogP contribution in [0, 0.1) is 11.3 Å². The van der Waals surface area contributed by atoms with Crippen molar-refractivity contribution in [3.63, 3.8) is 0 Å². The van der Waals surface area contributed by atoms with Gasteiger partial charge in [0, 0.05) is 11.1 Å². The normalized spacial score (nSPS) is 20.6. The fourth-order valence-electron chi connectivity index (χ4n) is 4.26. The van der Waals surface area contributed by atoms with Gasteiger partial charge in [-0.2, -0.15) is 5.26 Å². The van der Waals surface area contributed by atoms with Crippen molar-refractivity contribution < 1.29 is 0 Å². The fourth-order valence-corrected chi connectivity index (χ4v) is 4.26. The molecule has 1 fully saturated rings. The Hall–Kier alpha value is -2.53. The van der Waals surface area contributed by atoms with Gasteiger partial charge in [0.25, 0.3) is 0 Å². The van der Waals surface area contributed by atoms with Crippen LogP contribution in [0.1, 0.15) is 48.8 Å². The highest BCUT2D eigenvalue weighted by Crippen LogP contribution is 2.40. The summed E-state index contributed by atoms with van der Waals surface area (Å²) in [4.78, 5) is 0. The number of rotatable bonds is 1. The van der Waals surface area contributed by atoms with Gasteiger partial charge in [-0.25, -0.2) is 0 Å². The van der Waals surface area contributed by atoms with Crippen molar-refractivity contribution in [2.45, 2.75) is 44.1 Å². The molecule has 0 radical (unpaired) electrons. The first kappa shape index (κ1) is 15.0. The van der Waals surface area contributed by atoms with Crippen molar-refractivity contribution in [2.24, 2.45) is 0 Å². The second-order valence-corrected chi connectivity index (χ2v) is 7.03. The van der Waals surface area contributed by atoms with Gasteiger partial charge >= 0.3 is 0 Å². The highest BCUT2D eigenvalue weighted by molar-refractivity contribution is 5.98. The number of nitrogens with one attached hydrogen (secondary N) is 1. The molecule has 1 aliphatic carbocycles. The number of benzene rings is 2. The molecule has 1 heterocycles. The number of allylic oxidation sites excluding steroid dienone is 1. The molecule has 0 unspecified atom stereocenters. The molecule has 0 bridgehead atoms. The van der Waals surface area contributed by atoms with Crippen LogP contribution < -0.4 is 5.32 Å². The fraction of sp³-hybridized carbons (Fsp3) is 0.318. The van der Waals surface area contributed by atoms with E-state index in [1.165, 1.54) is 43.2 Å². The first-order chi connectivity index (χ1) is 11.8. The van der Waals surface area contributed by atoms with E-state index in [0.29, 0.717) is 0 Å². The molecule has 0 atom stereocenters. The quantitative estimate of drug-likeness (QED) is 0.758. The zero-order valence-electron chi connectivity index (χ0n) is 13.9. The van der Waals surface area contributed by atoms with Crippen molar-refractivity contribution >= 4 is 11.3 Å². The Balaban J connectivity index is 1.89. The third kappa shape index (κ3) is 2.61. The molecule has 1 saturated carbocycles. The summed E-state index contributed by atoms with van der Waals surface area (Å²) in [6, 6.07) is 21.1. The summed E-state index contributed by atoms with van der Waals surface area (Å²) in [6.45, 7) is 0. The molecule has 1 aliphatic heterocycles. The molecule has 2 aliphatic rings. The summed E-state index contributed by atoms with van der Waals surface area (Å²) in [6.07, 6.45) is 7.33. The first-order valence-electron chi connectivity index (χ1n) is 8.88. The number of fused-ring (bicyclic) bond motifs is 1. The SMILES string of the molecule is N#CC(=C1NC2(CCCCC2)Cc2ccccc21)c1ccccc1. The van der Waals surface area contributed by atoms with Gasteiger partial charge in [-0.1, -0.05) is 73.9 Å². The summed E-state index contributed by atoms with van der Waals surface area (Å²) in [5.41, 5.74) is 5.45. The van der Waals surface area contributed by atoms with Crippen LogP contribution in [0.2, 0.25) is 0 Å². The van der Waals surface area contributed by atoms with E-state index in [4.69, 9.17) is 0 Å². The smallest absolute Gasteiger partial charge is 0.102 e. The van der Waals surface area contributed by atoms with Crippen LogP contribution in [0.3, 0.4) is 0 Å². The van der Waals surface area contributed by atoms with Crippen LogP contribution in [-0.4, -0.2) is 5.54 Å². The molecule has 2 aromatic carbocycles. The zero-order valence-corrected chi connectivity index (χ0v) is 13.9. The second-order valence-electron chi connectivity index (χ2n) is 7.03. The average molecular weight is 314 g/mol. The van der Waals surface area contributed by atoms with Crippen LogP contribution in [0.25, 0.3) is 11.3 Å². The Kier molecular flexibility index (Phi) is 3.86. The minimum Gasteiger partial charge on any atom is -0.378 e. The van der Waals surface area contributed by atoms with E-state index < -0.39 is 0 Å². The van der Waals surface area contributed by atoms with Crippen LogP contribution in [0.15, 0.2) is 54.6 Å². The average Bonchev–Trinajstić information content (AvgIpc) is 2.64. The van der Waals surface area contributed by atoms with Gasteiger partial charge in [0.15, 0.2) is 0 Å². The van der Waals surface area contributed by atoms with Crippen molar-refractivity contribution in [3.05, 3.63) is 71.3 Å². The Morgan fingerprint density at radius 2 is 1.62 bits per heavy atom. The standard InChI is InChI=1S/C22H22N2/c23-16-20(17-9-3-1-4-10-17)21-19-12-6-5-11-18(19)15-22(24-21)13-7-2-8-14-22/h1,3-6,9-12,24H,2,7-8,13-15H2. The van der Waals surface area contributed by atoms with E-state index in [9.17, 15) is 5.26 Å². The lowest BCUT2D eigenvalue weighted by Crippen LogP contribution is -2.50. The van der Waals surface area contributed by atoms with E-state index >= 15 is 0 Å². The lowest BCUT2D eigenvalue weighted by atomic mass is 9.73. The maximum absolute atomic E-state index is 9.90. The summed E-state index contributed by atoms with van der Waals surface area (Å²) in [5.74, 6) is 0. The molecule has 24 heavy (non-hydrogen) atoms. The maximum atomic E-state index is 9.90. The summed E-state index contributed by atoms with van der Waals surface area (Å²) in [7, 11) is 0. The van der Waals surface area contributed by atoms with Crippen LogP contribution in [-0.2, 0) is 6.42 Å². The maximum Gasteiger partial charge on any atom is 0.102 e. The monoisotopic (exact) mass is 314 g/mol. The molecule has 120 valence electrons. The number of hydrogen-bond donors (Lipinski definition) is 1. The van der Waals surface area contributed by atoms with Gasteiger partial charge in [0.1, 0.15) is 6.07 Å². The third-order valence-corrected chi connectivity index (χ3v) is 5.44. The van der Waals surface area contributed by atoms with E-state index in [1.54, 1.807) is 0 Å². The molecule has 0 aromatic heterocycles. The molecule has 2 nitrogen and oxygen atoms in total. The summed E-state index contributed by atoms with van der Waals surface area (Å²) >= 11 is 0. The van der Waals surface area contributed by atoms with Crippen molar-refractivity contribution in [1.29, 1.82) is 5.26 Å². The summed E-state index contributed by atoms with van der Waals surface area (Å²) < 4.78 is 0. The Morgan fingerprint density at radius 3 is 2.38 bits per heavy atom. The molecule has 1 N–H and O–H groups in total. The highest BCUT2D eigenvalue weighted by Gasteiger charge is 2.38. The Morgan fingerprint density at radius 1 is 0.917 bits per heavy atom. The number of nitriles is 1. The number of nitrogens with zero attached hydrogens (tertiary/aromatic N) is 1. The predicted molar refractivity (Wildman–Crippen MR) is 98.0 cm³/mol. The van der Waals surface area contributed by atoms with Crippen LogP contribution in [0.5, 0.6) is 0 Å². The Bertz CT molecular complexity index is 805. The van der Waals surface area contributed by atoms with Crippen molar-refractivity contribution in [2.75, 3.05) is 0 Å². The largest absolute Gasteiger partial charge is 0.378 e. The van der Waals surface area contributed by atoms with Gasteiger partial charge in [0.2, 0.25) is 0 Å². The molecule has 2 aromatic rings. The van der Waals surface area contributed by atoms with Crippen molar-refractivity contribution in [1.82, 2.24) is 5.32 Å². The van der Waals surface area contributed by atoms with Gasteiger partial charge in [-0.15, -0.1) is 0 Å². The molecule has 0 saturated heterocycles. The van der Waals surface area contributed by atoms with Crippen LogP contribution in [0.4, 0.5) is 0 Å². The Labute approximate surface area is 143 Å². The lowest BCUT2D eigenvalue weighted by Gasteiger charge is -2.44. The predicted octanol–water partition coefficient (Wildman–Crippen LogP) is 4.93. The minimum atomic E-state index is 0.124. The van der Waals surface area contributed by atoms with E-state index in [1.807, 2.05) is 30.3 Å². The van der Waals surface area contributed by atoms with E-state index in [-0.39, 0.29) is 5.54 Å². The third-order valence-electron chi connectivity index (χ3n) is 5.44. The highest BCUT2D eigenvalue weighted by atomic mass is 15.0. The van der Waals surface area contributed by atoms with E-state index in [0.717, 1.165) is 23.3 Å². The molecular formula is C22H22N2. The molecule has 4 rings (SSSR count). The van der Waals surface area contributed by atoms with Gasteiger partial charge in [0.05, 0.1) is 11.3 Å². The molecule has 0 amide bonds. The van der Waals surface area contributed by atoms with Crippen molar-refractivity contribution in [3.8, 4) is 6.07 Å². The molecular weight excluding hydrogens is 292 g/mol. The zero-order chi connectivity index (χ0) is 16.4. The minimum absolute atomic E-state index is 0.124. The van der Waals surface area contributed by atoms with Gasteiger partial charge in [-0.05, 0) is 30.4 Å². The van der Waals surface area contributed by atoms with Gasteiger partial charge in [-0.3, -0.25) is 0 Å². The van der Waals surface area contributed by atoms with Crippen LogP contribution >= 0.6 is 0 Å². The molecule has 1 spiro atoms. The molecule has 2 heteroatoms. The van der Waals surface area contributed by atoms with Gasteiger partial charge < -0.3 is 5.32 Å². The van der Waals surface area contributed by atoms with E-state index in [2.05, 4.69) is 35.7 Å². The first-order valence-corrected chi connectivity index (χ1v) is 8.88.